The Morgan fingerprint density at radius 2 is 1.73 bits per heavy atom. The first-order valence-electron chi connectivity index (χ1n) is 9.74. The molecule has 0 unspecified atom stereocenters. The van der Waals surface area contributed by atoms with Crippen molar-refractivity contribution in [3.8, 4) is 11.8 Å². The average Bonchev–Trinajstić information content (AvgIpc) is 3.17. The molecule has 0 aliphatic rings. The summed E-state index contributed by atoms with van der Waals surface area (Å²) < 4.78 is 5.87. The molecule has 0 aliphatic heterocycles. The third-order valence-corrected chi connectivity index (χ3v) is 4.92. The Balaban J connectivity index is 1.41. The van der Waals surface area contributed by atoms with Gasteiger partial charge in [-0.2, -0.15) is 5.26 Å². The number of nitrogens with one attached hydrogen (secondary N) is 2. The van der Waals surface area contributed by atoms with Crippen LogP contribution in [0.2, 0.25) is 0 Å². The van der Waals surface area contributed by atoms with Crippen molar-refractivity contribution in [3.63, 3.8) is 0 Å². The van der Waals surface area contributed by atoms with Crippen LogP contribution in [0.5, 0.6) is 5.75 Å². The Morgan fingerprint density at radius 1 is 0.967 bits per heavy atom. The quantitative estimate of drug-likeness (QED) is 0.462. The van der Waals surface area contributed by atoms with E-state index in [0.717, 1.165) is 39.0 Å². The molecule has 5 nitrogen and oxygen atoms in total. The van der Waals surface area contributed by atoms with Gasteiger partial charge in [-0.25, -0.2) is 0 Å². The molecule has 1 amide bonds. The minimum absolute atomic E-state index is 0.0759. The summed E-state index contributed by atoms with van der Waals surface area (Å²) in [7, 11) is 0. The van der Waals surface area contributed by atoms with Gasteiger partial charge in [0, 0.05) is 28.4 Å². The van der Waals surface area contributed by atoms with Crippen LogP contribution in [0.3, 0.4) is 0 Å². The number of benzene rings is 3. The van der Waals surface area contributed by atoms with Gasteiger partial charge in [0.2, 0.25) is 5.91 Å². The van der Waals surface area contributed by atoms with Gasteiger partial charge in [-0.15, -0.1) is 0 Å². The molecular weight excluding hydrogens is 374 g/mol. The Hall–Kier alpha value is -4.04. The van der Waals surface area contributed by atoms with Crippen LogP contribution in [-0.2, 0) is 24.2 Å². The van der Waals surface area contributed by atoms with Crippen molar-refractivity contribution >= 4 is 22.5 Å². The molecule has 0 aliphatic carbocycles. The van der Waals surface area contributed by atoms with Gasteiger partial charge in [0.05, 0.1) is 18.9 Å². The fraction of sp³-hybridized carbons (Fsp3) is 0.120. The second-order valence-corrected chi connectivity index (χ2v) is 7.01. The highest BCUT2D eigenvalue weighted by atomic mass is 16.5. The second kappa shape index (κ2) is 8.97. The zero-order valence-corrected chi connectivity index (χ0v) is 16.4. The number of carbonyl (C=O) groups is 1. The molecule has 1 aromatic heterocycles. The first-order chi connectivity index (χ1) is 14.7. The van der Waals surface area contributed by atoms with Gasteiger partial charge in [0.15, 0.2) is 0 Å². The fourth-order valence-corrected chi connectivity index (χ4v) is 3.37. The lowest BCUT2D eigenvalue weighted by molar-refractivity contribution is -0.115. The van der Waals surface area contributed by atoms with Crippen molar-refractivity contribution in [1.29, 1.82) is 5.26 Å². The molecule has 0 saturated heterocycles. The third-order valence-electron chi connectivity index (χ3n) is 4.92. The number of para-hydroxylation sites is 2. The van der Waals surface area contributed by atoms with Gasteiger partial charge in [-0.05, 0) is 35.4 Å². The molecule has 0 fully saturated rings. The topological polar surface area (TPSA) is 77.9 Å². The van der Waals surface area contributed by atoms with E-state index in [1.807, 2.05) is 79.0 Å². The highest BCUT2D eigenvalue weighted by Crippen LogP contribution is 2.21. The molecule has 30 heavy (non-hydrogen) atoms. The number of nitriles is 1. The van der Waals surface area contributed by atoms with Crippen molar-refractivity contribution in [3.05, 3.63) is 95.7 Å². The van der Waals surface area contributed by atoms with Crippen molar-refractivity contribution < 1.29 is 9.53 Å². The van der Waals surface area contributed by atoms with Crippen LogP contribution >= 0.6 is 0 Å². The predicted molar refractivity (Wildman–Crippen MR) is 117 cm³/mol. The molecule has 0 bridgehead atoms. The molecular formula is C25H21N3O2. The van der Waals surface area contributed by atoms with Crippen molar-refractivity contribution in [2.24, 2.45) is 0 Å². The normalized spacial score (nSPS) is 10.5. The van der Waals surface area contributed by atoms with Gasteiger partial charge in [0.1, 0.15) is 12.4 Å². The average molecular weight is 395 g/mol. The lowest BCUT2D eigenvalue weighted by Crippen LogP contribution is -2.16. The monoisotopic (exact) mass is 395 g/mol. The van der Waals surface area contributed by atoms with E-state index in [4.69, 9.17) is 10.00 Å². The van der Waals surface area contributed by atoms with Crippen molar-refractivity contribution in [1.82, 2.24) is 4.98 Å². The highest BCUT2D eigenvalue weighted by molar-refractivity contribution is 5.96. The summed E-state index contributed by atoms with van der Waals surface area (Å²) in [4.78, 5) is 15.9. The van der Waals surface area contributed by atoms with E-state index in [1.165, 1.54) is 0 Å². The van der Waals surface area contributed by atoms with Crippen LogP contribution in [0.4, 0.5) is 5.69 Å². The number of hydrogen-bond donors (Lipinski definition) is 2. The largest absolute Gasteiger partial charge is 0.489 e. The van der Waals surface area contributed by atoms with Gasteiger partial charge in [-0.1, -0.05) is 48.5 Å². The first kappa shape index (κ1) is 19.3. The first-order valence-corrected chi connectivity index (χ1v) is 9.74. The lowest BCUT2D eigenvalue weighted by atomic mass is 10.1. The zero-order chi connectivity index (χ0) is 20.8. The number of anilines is 1. The number of hydrogen-bond acceptors (Lipinski definition) is 3. The van der Waals surface area contributed by atoms with Gasteiger partial charge in [-0.3, -0.25) is 4.79 Å². The van der Waals surface area contributed by atoms with E-state index >= 15 is 0 Å². The number of fused-ring (bicyclic) bond motifs is 1. The summed E-state index contributed by atoms with van der Waals surface area (Å²) in [6.45, 7) is 0.334. The maximum absolute atomic E-state index is 12.7. The molecule has 4 aromatic rings. The lowest BCUT2D eigenvalue weighted by Gasteiger charge is -2.12. The Bertz CT molecular complexity index is 1200. The van der Waals surface area contributed by atoms with Crippen LogP contribution in [0, 0.1) is 11.3 Å². The number of nitrogens with zero attached hydrogens (tertiary/aromatic N) is 1. The highest BCUT2D eigenvalue weighted by Gasteiger charge is 2.11. The molecule has 2 N–H and O–H groups in total. The van der Waals surface area contributed by atoms with Gasteiger partial charge >= 0.3 is 0 Å². The number of carbonyl (C=O) groups excluding carboxylic acids is 1. The predicted octanol–water partition coefficient (Wildman–Crippen LogP) is 4.99. The SMILES string of the molecule is N#CCc1ccc(OCc2ccccc2NC(=O)Cc2c[nH]c3ccccc23)cc1. The molecule has 5 heteroatoms. The number of H-pyrrole nitrogens is 1. The minimum Gasteiger partial charge on any atom is -0.489 e. The smallest absolute Gasteiger partial charge is 0.228 e. The molecule has 148 valence electrons. The number of ether oxygens (including phenoxy) is 1. The summed E-state index contributed by atoms with van der Waals surface area (Å²) in [6, 6.07) is 25.2. The third kappa shape index (κ3) is 4.50. The number of rotatable bonds is 7. The van der Waals surface area contributed by atoms with E-state index in [0.29, 0.717) is 19.4 Å². The molecule has 0 atom stereocenters. The summed E-state index contributed by atoms with van der Waals surface area (Å²) in [5.74, 6) is 0.643. The zero-order valence-electron chi connectivity index (χ0n) is 16.4. The summed E-state index contributed by atoms with van der Waals surface area (Å²) in [6.07, 6.45) is 2.56. The molecule has 0 spiro atoms. The van der Waals surface area contributed by atoms with Gasteiger partial charge < -0.3 is 15.0 Å². The van der Waals surface area contributed by atoms with Gasteiger partial charge in [0.25, 0.3) is 0 Å². The summed E-state index contributed by atoms with van der Waals surface area (Å²) >= 11 is 0. The molecule has 0 saturated carbocycles. The minimum atomic E-state index is -0.0759. The van der Waals surface area contributed by atoms with Crippen LogP contribution in [0.15, 0.2) is 79.0 Å². The maximum Gasteiger partial charge on any atom is 0.228 e. The Labute approximate surface area is 174 Å². The second-order valence-electron chi connectivity index (χ2n) is 7.01. The number of aromatic nitrogens is 1. The molecule has 3 aromatic carbocycles. The number of aromatic amines is 1. The van der Waals surface area contributed by atoms with Crippen molar-refractivity contribution in [2.45, 2.75) is 19.4 Å². The summed E-state index contributed by atoms with van der Waals surface area (Å²) in [5.41, 5.74) is 4.58. The fourth-order valence-electron chi connectivity index (χ4n) is 3.37. The van der Waals surface area contributed by atoms with Crippen LogP contribution in [-0.4, -0.2) is 10.9 Å². The van der Waals surface area contributed by atoms with E-state index in [2.05, 4.69) is 16.4 Å². The van der Waals surface area contributed by atoms with Crippen LogP contribution in [0.1, 0.15) is 16.7 Å². The van der Waals surface area contributed by atoms with Crippen LogP contribution in [0.25, 0.3) is 10.9 Å². The molecule has 0 radical (unpaired) electrons. The van der Waals surface area contributed by atoms with Crippen molar-refractivity contribution in [2.75, 3.05) is 5.32 Å². The van der Waals surface area contributed by atoms with E-state index < -0.39 is 0 Å². The summed E-state index contributed by atoms with van der Waals surface area (Å²) in [5, 5.41) is 12.8. The van der Waals surface area contributed by atoms with E-state index in [1.54, 1.807) is 0 Å². The standard InChI is InChI=1S/C25H21N3O2/c26-14-13-18-9-11-21(12-10-18)30-17-19-5-1-3-7-23(19)28-25(29)15-20-16-27-24-8-4-2-6-22(20)24/h1-12,16,27H,13,15,17H2,(H,28,29). The molecule has 1 heterocycles. The van der Waals surface area contributed by atoms with Crippen LogP contribution < -0.4 is 10.1 Å². The van der Waals surface area contributed by atoms with E-state index in [9.17, 15) is 4.79 Å². The number of amides is 1. The maximum atomic E-state index is 12.7. The Morgan fingerprint density at radius 3 is 2.57 bits per heavy atom. The van der Waals surface area contributed by atoms with E-state index in [-0.39, 0.29) is 5.91 Å². The molecule has 4 rings (SSSR count). The Kier molecular flexibility index (Phi) is 5.77.